The minimum atomic E-state index is 1.14. The van der Waals surface area contributed by atoms with Crippen molar-refractivity contribution < 1.29 is 0 Å². The van der Waals surface area contributed by atoms with Gasteiger partial charge in [-0.05, 0) is 69.8 Å². The fourth-order valence-corrected chi connectivity index (χ4v) is 7.04. The first-order valence-corrected chi connectivity index (χ1v) is 14.4. The number of hydrogen-bond donors (Lipinski definition) is 0. The molecule has 0 bridgehead atoms. The number of benzene rings is 7. The predicted molar refractivity (Wildman–Crippen MR) is 174 cm³/mol. The molecule has 1 nitrogen and oxygen atoms in total. The van der Waals surface area contributed by atoms with E-state index in [-0.39, 0.29) is 0 Å². The molecule has 7 aromatic carbocycles. The lowest BCUT2D eigenvalue weighted by atomic mass is 9.98. The summed E-state index contributed by atoms with van der Waals surface area (Å²) in [5.41, 5.74) is 5.89. The largest absolute Gasteiger partial charge is 0.310 e. The Morgan fingerprint density at radius 3 is 1.90 bits per heavy atom. The molecule has 0 aliphatic heterocycles. The van der Waals surface area contributed by atoms with Gasteiger partial charge in [-0.2, -0.15) is 0 Å². The molecule has 0 fully saturated rings. The van der Waals surface area contributed by atoms with E-state index in [9.17, 15) is 0 Å². The van der Waals surface area contributed by atoms with Crippen molar-refractivity contribution in [1.82, 2.24) is 0 Å². The van der Waals surface area contributed by atoms with E-state index in [1.807, 2.05) is 11.3 Å². The van der Waals surface area contributed by atoms with Crippen molar-refractivity contribution >= 4 is 70.1 Å². The Hall–Kier alpha value is -4.92. The van der Waals surface area contributed by atoms with E-state index in [1.54, 1.807) is 0 Å². The molecule has 8 aromatic rings. The molecule has 1 aromatic heterocycles. The summed E-state index contributed by atoms with van der Waals surface area (Å²) in [7, 11) is 0. The summed E-state index contributed by atoms with van der Waals surface area (Å²) in [5.74, 6) is 0. The Kier molecular flexibility index (Phi) is 5.39. The molecule has 0 aliphatic rings. The molecule has 1 heterocycles. The SMILES string of the molecule is c1ccc(-c2cccc(N(c3ccc4sc5ccccc5c4c3)c3cc4ccccc4c4ccccc34)c2)cc1. The van der Waals surface area contributed by atoms with Crippen LogP contribution in [0.1, 0.15) is 0 Å². The van der Waals surface area contributed by atoms with Crippen LogP contribution >= 0.6 is 11.3 Å². The van der Waals surface area contributed by atoms with Gasteiger partial charge in [0.2, 0.25) is 0 Å². The van der Waals surface area contributed by atoms with E-state index in [0.717, 1.165) is 11.4 Å². The van der Waals surface area contributed by atoms with Gasteiger partial charge in [0.15, 0.2) is 0 Å². The van der Waals surface area contributed by atoms with Crippen molar-refractivity contribution in [3.05, 3.63) is 152 Å². The van der Waals surface area contributed by atoms with Crippen LogP contribution in [0.25, 0.3) is 52.8 Å². The number of anilines is 3. The topological polar surface area (TPSA) is 3.24 Å². The van der Waals surface area contributed by atoms with Crippen molar-refractivity contribution in [1.29, 1.82) is 0 Å². The second-order valence-electron chi connectivity index (χ2n) is 10.2. The van der Waals surface area contributed by atoms with Crippen LogP contribution in [0.4, 0.5) is 17.1 Å². The van der Waals surface area contributed by atoms with Crippen LogP contribution in [0.15, 0.2) is 152 Å². The Bertz CT molecular complexity index is 2170. The van der Waals surface area contributed by atoms with Gasteiger partial charge in [0, 0.05) is 36.9 Å². The normalized spacial score (nSPS) is 11.5. The van der Waals surface area contributed by atoms with Gasteiger partial charge in [-0.25, -0.2) is 0 Å². The molecule has 40 heavy (non-hydrogen) atoms. The number of nitrogens with zero attached hydrogens (tertiary/aromatic N) is 1. The molecule has 0 saturated carbocycles. The number of hydrogen-bond acceptors (Lipinski definition) is 2. The highest BCUT2D eigenvalue weighted by atomic mass is 32.1. The quantitative estimate of drug-likeness (QED) is 0.206. The highest BCUT2D eigenvalue weighted by molar-refractivity contribution is 7.25. The highest BCUT2D eigenvalue weighted by Crippen LogP contribution is 2.45. The average molecular weight is 528 g/mol. The van der Waals surface area contributed by atoms with Gasteiger partial charge >= 0.3 is 0 Å². The molecule has 0 amide bonds. The molecule has 0 radical (unpaired) electrons. The Morgan fingerprint density at radius 1 is 0.375 bits per heavy atom. The third-order valence-electron chi connectivity index (χ3n) is 7.82. The van der Waals surface area contributed by atoms with Crippen LogP contribution in [-0.2, 0) is 0 Å². The maximum absolute atomic E-state index is 2.44. The third kappa shape index (κ3) is 3.77. The molecule has 0 atom stereocenters. The van der Waals surface area contributed by atoms with Crippen LogP contribution in [0.3, 0.4) is 0 Å². The zero-order valence-corrected chi connectivity index (χ0v) is 22.6. The standard InChI is InChI=1S/C38H25NS/c1-2-11-26(12-3-1)27-14-10-15-29(23-27)39(30-21-22-38-35(25-30)34-19-8-9-20-37(34)40-38)36-24-28-13-4-5-16-31(28)32-17-6-7-18-33(32)36/h1-25H. The van der Waals surface area contributed by atoms with E-state index < -0.39 is 0 Å². The smallest absolute Gasteiger partial charge is 0.0546 e. The molecule has 0 aliphatic carbocycles. The van der Waals surface area contributed by atoms with E-state index in [1.165, 1.54) is 58.5 Å². The minimum absolute atomic E-state index is 1.14. The molecular formula is C38H25NS. The number of thiophene rings is 1. The Labute approximate surface area is 237 Å². The summed E-state index contributed by atoms with van der Waals surface area (Å²) in [6.45, 7) is 0. The first kappa shape index (κ1) is 23.0. The Balaban J connectivity index is 1.43. The molecule has 0 N–H and O–H groups in total. The molecule has 8 rings (SSSR count). The molecule has 0 unspecified atom stereocenters. The number of fused-ring (bicyclic) bond motifs is 6. The molecule has 2 heteroatoms. The van der Waals surface area contributed by atoms with Gasteiger partial charge in [-0.3, -0.25) is 0 Å². The summed E-state index contributed by atoms with van der Waals surface area (Å²) in [5, 5.41) is 7.63. The maximum atomic E-state index is 2.44. The van der Waals surface area contributed by atoms with E-state index in [2.05, 4.69) is 157 Å². The molecule has 0 saturated heterocycles. The minimum Gasteiger partial charge on any atom is -0.310 e. The summed E-state index contributed by atoms with van der Waals surface area (Å²) < 4.78 is 2.63. The molecular weight excluding hydrogens is 502 g/mol. The van der Waals surface area contributed by atoms with Crippen LogP contribution in [0, 0.1) is 0 Å². The fourth-order valence-electron chi connectivity index (χ4n) is 5.96. The van der Waals surface area contributed by atoms with Crippen molar-refractivity contribution in [2.24, 2.45) is 0 Å². The van der Waals surface area contributed by atoms with Crippen LogP contribution in [-0.4, -0.2) is 0 Å². The number of rotatable bonds is 4. The summed E-state index contributed by atoms with van der Waals surface area (Å²) in [6, 6.07) is 55.0. The van der Waals surface area contributed by atoms with Gasteiger partial charge < -0.3 is 4.90 Å². The Morgan fingerprint density at radius 2 is 1.02 bits per heavy atom. The monoisotopic (exact) mass is 527 g/mol. The fraction of sp³-hybridized carbons (Fsp3) is 0. The van der Waals surface area contributed by atoms with Crippen LogP contribution in [0.2, 0.25) is 0 Å². The van der Waals surface area contributed by atoms with Gasteiger partial charge in [0.1, 0.15) is 0 Å². The van der Waals surface area contributed by atoms with E-state index in [4.69, 9.17) is 0 Å². The van der Waals surface area contributed by atoms with Crippen molar-refractivity contribution in [3.8, 4) is 11.1 Å². The summed E-state index contributed by atoms with van der Waals surface area (Å²) in [6.07, 6.45) is 0. The zero-order chi connectivity index (χ0) is 26.5. The lowest BCUT2D eigenvalue weighted by Crippen LogP contribution is -2.10. The van der Waals surface area contributed by atoms with E-state index >= 15 is 0 Å². The second-order valence-corrected chi connectivity index (χ2v) is 11.3. The lowest BCUT2D eigenvalue weighted by molar-refractivity contribution is 1.31. The highest BCUT2D eigenvalue weighted by Gasteiger charge is 2.19. The first-order chi connectivity index (χ1) is 19.8. The molecule has 0 spiro atoms. The van der Waals surface area contributed by atoms with Crippen LogP contribution in [0.5, 0.6) is 0 Å². The predicted octanol–water partition coefficient (Wildman–Crippen LogP) is 11.5. The summed E-state index contributed by atoms with van der Waals surface area (Å²) >= 11 is 1.86. The van der Waals surface area contributed by atoms with E-state index in [0.29, 0.717) is 0 Å². The van der Waals surface area contributed by atoms with Crippen molar-refractivity contribution in [2.45, 2.75) is 0 Å². The van der Waals surface area contributed by atoms with Gasteiger partial charge in [0.05, 0.1) is 5.69 Å². The van der Waals surface area contributed by atoms with Gasteiger partial charge in [-0.1, -0.05) is 109 Å². The summed E-state index contributed by atoms with van der Waals surface area (Å²) in [4.78, 5) is 2.44. The second kappa shape index (κ2) is 9.37. The lowest BCUT2D eigenvalue weighted by Gasteiger charge is -2.28. The maximum Gasteiger partial charge on any atom is 0.0546 e. The van der Waals surface area contributed by atoms with Crippen molar-refractivity contribution in [3.63, 3.8) is 0 Å². The zero-order valence-electron chi connectivity index (χ0n) is 21.8. The third-order valence-corrected chi connectivity index (χ3v) is 8.97. The average Bonchev–Trinajstić information content (AvgIpc) is 3.40. The molecule has 188 valence electrons. The first-order valence-electron chi connectivity index (χ1n) is 13.6. The van der Waals surface area contributed by atoms with Crippen molar-refractivity contribution in [2.75, 3.05) is 4.90 Å². The van der Waals surface area contributed by atoms with Gasteiger partial charge in [-0.15, -0.1) is 11.3 Å². The van der Waals surface area contributed by atoms with Gasteiger partial charge in [0.25, 0.3) is 0 Å². The van der Waals surface area contributed by atoms with Crippen LogP contribution < -0.4 is 4.90 Å².